The molecule has 3 N–H and O–H groups in total. The molecule has 0 spiro atoms. The Morgan fingerprint density at radius 2 is 2.11 bits per heavy atom. The fraction of sp³-hybridized carbons (Fsp3) is 0.278. The largest absolute Gasteiger partial charge is 0.508 e. The predicted octanol–water partition coefficient (Wildman–Crippen LogP) is 0.896. The smallest absolute Gasteiger partial charge is 0.290 e. The number of aromatic hydroxyl groups is 1. The van der Waals surface area contributed by atoms with Crippen LogP contribution in [0.1, 0.15) is 33.3 Å². The molecule has 0 unspecified atom stereocenters. The van der Waals surface area contributed by atoms with E-state index in [0.717, 1.165) is 5.56 Å². The van der Waals surface area contributed by atoms with Gasteiger partial charge in [-0.15, -0.1) is 0 Å². The van der Waals surface area contributed by atoms with Gasteiger partial charge in [0.1, 0.15) is 29.8 Å². The highest BCUT2D eigenvalue weighted by atomic mass is 16.3. The van der Waals surface area contributed by atoms with Gasteiger partial charge >= 0.3 is 0 Å². The average Bonchev–Trinajstić information content (AvgIpc) is 3.29. The monoisotopic (exact) mass is 378 g/mol. The minimum absolute atomic E-state index is 0.0267. The Bertz CT molecular complexity index is 1140. The molecule has 4 rings (SSSR count). The summed E-state index contributed by atoms with van der Waals surface area (Å²) in [5, 5.41) is 23.6. The van der Waals surface area contributed by atoms with E-state index in [9.17, 15) is 15.2 Å². The zero-order chi connectivity index (χ0) is 20.0. The standard InChI is InChI=1S/C18H18N8O2/c1-10-3-4-13(27)11(2)15(10)26-16(20)12(7-19)23-17(26)18(28)24-5-6-25-14(8-24)21-9-22-25/h3-4,9,27H,5-6,8,20H2,1-2H3. The van der Waals surface area contributed by atoms with E-state index in [0.29, 0.717) is 30.2 Å². The first kappa shape index (κ1) is 17.5. The van der Waals surface area contributed by atoms with Crippen molar-refractivity contribution >= 4 is 11.7 Å². The molecule has 1 amide bonds. The van der Waals surface area contributed by atoms with Crippen molar-refractivity contribution in [2.45, 2.75) is 26.9 Å². The molecule has 0 atom stereocenters. The number of hydrogen-bond acceptors (Lipinski definition) is 7. The zero-order valence-corrected chi connectivity index (χ0v) is 15.4. The number of nitrogen functional groups attached to an aromatic ring is 1. The lowest BCUT2D eigenvalue weighted by Gasteiger charge is -2.27. The zero-order valence-electron chi connectivity index (χ0n) is 15.4. The summed E-state index contributed by atoms with van der Waals surface area (Å²) in [5.41, 5.74) is 7.99. The van der Waals surface area contributed by atoms with Gasteiger partial charge in [-0.05, 0) is 25.5 Å². The number of hydrogen-bond donors (Lipinski definition) is 2. The van der Waals surface area contributed by atoms with Crippen molar-refractivity contribution < 1.29 is 9.90 Å². The summed E-state index contributed by atoms with van der Waals surface area (Å²) in [6, 6.07) is 5.23. The lowest BCUT2D eigenvalue weighted by Crippen LogP contribution is -2.40. The van der Waals surface area contributed by atoms with Gasteiger partial charge < -0.3 is 15.7 Å². The number of phenolic OH excluding ortho intramolecular Hbond substituents is 1. The van der Waals surface area contributed by atoms with Gasteiger partial charge in [-0.2, -0.15) is 10.4 Å². The number of nitrogens with two attached hydrogens (primary N) is 1. The number of phenols is 1. The molecular weight excluding hydrogens is 360 g/mol. The number of nitriles is 1. The molecule has 0 saturated carbocycles. The Kier molecular flexibility index (Phi) is 4.00. The number of imidazole rings is 1. The lowest BCUT2D eigenvalue weighted by molar-refractivity contribution is 0.0688. The molecule has 142 valence electrons. The van der Waals surface area contributed by atoms with Crippen LogP contribution in [0.4, 0.5) is 5.82 Å². The molecule has 1 aliphatic rings. The van der Waals surface area contributed by atoms with Gasteiger partial charge in [-0.25, -0.2) is 14.6 Å². The Balaban J connectivity index is 1.84. The van der Waals surface area contributed by atoms with E-state index in [1.54, 1.807) is 28.6 Å². The maximum absolute atomic E-state index is 13.3. The van der Waals surface area contributed by atoms with Crippen molar-refractivity contribution in [2.24, 2.45) is 0 Å². The second-order valence-corrected chi connectivity index (χ2v) is 6.62. The molecule has 0 saturated heterocycles. The third-order valence-electron chi connectivity index (χ3n) is 4.93. The molecule has 1 aromatic carbocycles. The number of amides is 1. The van der Waals surface area contributed by atoms with Crippen LogP contribution in [0.5, 0.6) is 5.75 Å². The van der Waals surface area contributed by atoms with Crippen LogP contribution in [-0.4, -0.2) is 46.8 Å². The van der Waals surface area contributed by atoms with Crippen LogP contribution >= 0.6 is 0 Å². The van der Waals surface area contributed by atoms with E-state index in [1.165, 1.54) is 10.9 Å². The van der Waals surface area contributed by atoms with Crippen molar-refractivity contribution in [1.29, 1.82) is 5.26 Å². The maximum Gasteiger partial charge on any atom is 0.290 e. The van der Waals surface area contributed by atoms with Crippen LogP contribution in [0.25, 0.3) is 5.69 Å². The highest BCUT2D eigenvalue weighted by Gasteiger charge is 2.30. The number of aromatic nitrogens is 5. The van der Waals surface area contributed by atoms with Crippen LogP contribution in [0.2, 0.25) is 0 Å². The topological polar surface area (TPSA) is 139 Å². The van der Waals surface area contributed by atoms with Crippen LogP contribution in [0.15, 0.2) is 18.5 Å². The molecule has 0 radical (unpaired) electrons. The predicted molar refractivity (Wildman–Crippen MR) is 98.6 cm³/mol. The fourth-order valence-corrected chi connectivity index (χ4v) is 3.43. The number of aryl methyl sites for hydroxylation is 1. The summed E-state index contributed by atoms with van der Waals surface area (Å²) in [6.07, 6.45) is 1.45. The Morgan fingerprint density at radius 3 is 2.86 bits per heavy atom. The number of benzene rings is 1. The summed E-state index contributed by atoms with van der Waals surface area (Å²) in [6.45, 7) is 4.80. The normalized spacial score (nSPS) is 13.2. The second kappa shape index (κ2) is 6.38. The summed E-state index contributed by atoms with van der Waals surface area (Å²) < 4.78 is 3.19. The third-order valence-corrected chi connectivity index (χ3v) is 4.93. The fourth-order valence-electron chi connectivity index (χ4n) is 3.43. The quantitative estimate of drug-likeness (QED) is 0.675. The molecule has 3 aromatic rings. The van der Waals surface area contributed by atoms with Gasteiger partial charge in [0.25, 0.3) is 5.91 Å². The molecule has 1 aliphatic heterocycles. The minimum atomic E-state index is -0.371. The molecule has 3 heterocycles. The van der Waals surface area contributed by atoms with Gasteiger partial charge in [0, 0.05) is 12.1 Å². The number of anilines is 1. The lowest BCUT2D eigenvalue weighted by atomic mass is 10.1. The maximum atomic E-state index is 13.3. The molecular formula is C18H18N8O2. The van der Waals surface area contributed by atoms with E-state index in [2.05, 4.69) is 15.1 Å². The molecule has 28 heavy (non-hydrogen) atoms. The molecule has 0 fully saturated rings. The van der Waals surface area contributed by atoms with Gasteiger partial charge in [0.2, 0.25) is 5.82 Å². The number of carbonyl (C=O) groups is 1. The highest BCUT2D eigenvalue weighted by molar-refractivity contribution is 5.93. The molecule has 2 aromatic heterocycles. The number of nitrogens with zero attached hydrogens (tertiary/aromatic N) is 7. The van der Waals surface area contributed by atoms with E-state index in [4.69, 9.17) is 5.73 Å². The van der Waals surface area contributed by atoms with E-state index in [1.807, 2.05) is 13.0 Å². The van der Waals surface area contributed by atoms with Gasteiger partial charge in [0.05, 0.1) is 18.8 Å². The summed E-state index contributed by atoms with van der Waals surface area (Å²) in [7, 11) is 0. The molecule has 10 heteroatoms. The number of fused-ring (bicyclic) bond motifs is 1. The first-order chi connectivity index (χ1) is 13.4. The highest BCUT2D eigenvalue weighted by Crippen LogP contribution is 2.31. The first-order valence-electron chi connectivity index (χ1n) is 8.66. The van der Waals surface area contributed by atoms with Crippen molar-refractivity contribution in [1.82, 2.24) is 29.2 Å². The van der Waals surface area contributed by atoms with Crippen LogP contribution < -0.4 is 5.73 Å². The third kappa shape index (κ3) is 2.56. The Hall–Kier alpha value is -3.87. The molecule has 0 aliphatic carbocycles. The SMILES string of the molecule is Cc1ccc(O)c(C)c1-n1c(C(=O)N2CCn3ncnc3C2)nc(C#N)c1N. The van der Waals surface area contributed by atoms with Crippen molar-refractivity contribution in [3.63, 3.8) is 0 Å². The number of rotatable bonds is 2. The minimum Gasteiger partial charge on any atom is -0.508 e. The Labute approximate surface area is 160 Å². The van der Waals surface area contributed by atoms with Gasteiger partial charge in [-0.3, -0.25) is 9.36 Å². The molecule has 0 bridgehead atoms. The summed E-state index contributed by atoms with van der Waals surface area (Å²) in [5.74, 6) is 0.457. The van der Waals surface area contributed by atoms with E-state index >= 15 is 0 Å². The van der Waals surface area contributed by atoms with Crippen LogP contribution in [0.3, 0.4) is 0 Å². The van der Waals surface area contributed by atoms with Crippen molar-refractivity contribution in [2.75, 3.05) is 12.3 Å². The van der Waals surface area contributed by atoms with Crippen molar-refractivity contribution in [3.8, 4) is 17.5 Å². The first-order valence-corrected chi connectivity index (χ1v) is 8.66. The van der Waals surface area contributed by atoms with Gasteiger partial charge in [0.15, 0.2) is 5.69 Å². The second-order valence-electron chi connectivity index (χ2n) is 6.62. The number of carbonyl (C=O) groups excluding carboxylic acids is 1. The summed E-state index contributed by atoms with van der Waals surface area (Å²) >= 11 is 0. The van der Waals surface area contributed by atoms with E-state index < -0.39 is 0 Å². The average molecular weight is 378 g/mol. The van der Waals surface area contributed by atoms with Crippen LogP contribution in [-0.2, 0) is 13.1 Å². The Morgan fingerprint density at radius 1 is 1.32 bits per heavy atom. The van der Waals surface area contributed by atoms with Gasteiger partial charge in [-0.1, -0.05) is 6.07 Å². The summed E-state index contributed by atoms with van der Waals surface area (Å²) in [4.78, 5) is 23.2. The molecule has 10 nitrogen and oxygen atoms in total. The van der Waals surface area contributed by atoms with E-state index in [-0.39, 0.29) is 35.5 Å². The van der Waals surface area contributed by atoms with Crippen LogP contribution in [0, 0.1) is 25.2 Å². The van der Waals surface area contributed by atoms with Crippen molar-refractivity contribution in [3.05, 3.63) is 46.9 Å².